The molecule has 3 fully saturated rings. The number of benzene rings is 3. The number of ketones is 1. The topological polar surface area (TPSA) is 133 Å². The fraction of sp³-hybridized carbons (Fsp3) is 0.294. The van der Waals surface area contributed by atoms with Gasteiger partial charge in [0.25, 0.3) is 5.69 Å². The molecule has 3 aromatic carbocycles. The predicted molar refractivity (Wildman–Crippen MR) is 155 cm³/mol. The molecule has 0 aromatic heterocycles. The molecule has 1 heterocycles. The molecule has 0 unspecified atom stereocenters. The Balaban J connectivity index is 1.04. The molecule has 0 radical (unpaired) electrons. The first-order valence-corrected chi connectivity index (χ1v) is 14.6. The lowest BCUT2D eigenvalue weighted by molar-refractivity contribution is -0.384. The van der Waals surface area contributed by atoms with Crippen LogP contribution >= 0.6 is 0 Å². The third-order valence-electron chi connectivity index (χ3n) is 9.36. The largest absolute Gasteiger partial charge is 0.457 e. The second-order valence-corrected chi connectivity index (χ2v) is 11.8. The monoisotopic (exact) mass is 592 g/mol. The van der Waals surface area contributed by atoms with E-state index in [0.717, 1.165) is 16.9 Å². The first-order chi connectivity index (χ1) is 21.3. The molecule has 1 aliphatic heterocycles. The second-order valence-electron chi connectivity index (χ2n) is 11.8. The van der Waals surface area contributed by atoms with Gasteiger partial charge in [-0.3, -0.25) is 29.4 Å². The van der Waals surface area contributed by atoms with Gasteiger partial charge in [-0.05, 0) is 72.1 Å². The van der Waals surface area contributed by atoms with Crippen LogP contribution in [0.4, 0.5) is 5.69 Å². The number of ether oxygens (including phenoxy) is 2. The molecule has 10 nitrogen and oxygen atoms in total. The number of likely N-dealkylation sites (tertiary alicyclic amines) is 1. The lowest BCUT2D eigenvalue weighted by Gasteiger charge is -2.37. The fourth-order valence-electron chi connectivity index (χ4n) is 7.20. The van der Waals surface area contributed by atoms with Crippen LogP contribution in [0.15, 0.2) is 91.0 Å². The molecule has 222 valence electrons. The number of rotatable bonds is 10. The maximum Gasteiger partial charge on any atom is 0.330 e. The number of hydrogen-bond donors (Lipinski definition) is 0. The molecule has 4 aliphatic carbocycles. The van der Waals surface area contributed by atoms with E-state index in [1.165, 1.54) is 36.4 Å². The smallest absolute Gasteiger partial charge is 0.330 e. The number of esters is 1. The van der Waals surface area contributed by atoms with Crippen molar-refractivity contribution in [2.75, 3.05) is 6.61 Å². The van der Waals surface area contributed by atoms with Crippen molar-refractivity contribution in [1.29, 1.82) is 0 Å². The summed E-state index contributed by atoms with van der Waals surface area (Å²) in [6.07, 6.45) is 5.30. The highest BCUT2D eigenvalue weighted by atomic mass is 16.6. The number of carbonyl (C=O) groups excluding carboxylic acids is 4. The van der Waals surface area contributed by atoms with Crippen LogP contribution in [0.1, 0.15) is 22.3 Å². The Hall–Kier alpha value is -5.12. The van der Waals surface area contributed by atoms with Gasteiger partial charge in [0.2, 0.25) is 11.8 Å². The minimum Gasteiger partial charge on any atom is -0.457 e. The quantitative estimate of drug-likeness (QED) is 0.0821. The van der Waals surface area contributed by atoms with Gasteiger partial charge in [0.15, 0.2) is 12.4 Å². The van der Waals surface area contributed by atoms with Crippen LogP contribution in [0.25, 0.3) is 0 Å². The van der Waals surface area contributed by atoms with Crippen LogP contribution < -0.4 is 4.74 Å². The average Bonchev–Trinajstić information content (AvgIpc) is 3.82. The summed E-state index contributed by atoms with van der Waals surface area (Å²) in [5.74, 6) is -1.07. The zero-order valence-electron chi connectivity index (χ0n) is 23.5. The minimum absolute atomic E-state index is 0.0267. The summed E-state index contributed by atoms with van der Waals surface area (Å²) in [5.41, 5.74) is 0.981. The molecule has 8 rings (SSSR count). The molecule has 2 bridgehead atoms. The summed E-state index contributed by atoms with van der Waals surface area (Å²) >= 11 is 0. The SMILES string of the molecule is O=C(COC(=O)[C@@H](Cc1ccccc1)N1C(=O)[C@H]2[C@@H]3C=C[C@H]([C@H]4C[C@H]34)[C@@H]2C1=O)c1ccc(Oc2ccc([N+](=O)[O-])cc2)cc1. The van der Waals surface area contributed by atoms with E-state index in [4.69, 9.17) is 9.47 Å². The van der Waals surface area contributed by atoms with Crippen LogP contribution in [0.3, 0.4) is 0 Å². The highest BCUT2D eigenvalue weighted by molar-refractivity contribution is 6.09. The molecule has 2 amide bonds. The maximum absolute atomic E-state index is 13.8. The Morgan fingerprint density at radius 1 is 0.841 bits per heavy atom. The third kappa shape index (κ3) is 4.86. The van der Waals surface area contributed by atoms with Crippen LogP contribution in [-0.4, -0.2) is 46.0 Å². The third-order valence-corrected chi connectivity index (χ3v) is 9.36. The second kappa shape index (κ2) is 10.9. The van der Waals surface area contributed by atoms with Crippen molar-refractivity contribution in [3.05, 3.63) is 112 Å². The van der Waals surface area contributed by atoms with E-state index >= 15 is 0 Å². The summed E-state index contributed by atoms with van der Waals surface area (Å²) in [4.78, 5) is 65.5. The van der Waals surface area contributed by atoms with Crippen molar-refractivity contribution in [1.82, 2.24) is 4.90 Å². The van der Waals surface area contributed by atoms with Crippen LogP contribution in [0.2, 0.25) is 0 Å². The highest BCUT2D eigenvalue weighted by Crippen LogP contribution is 2.65. The Morgan fingerprint density at radius 3 is 1.98 bits per heavy atom. The number of amides is 2. The van der Waals surface area contributed by atoms with Crippen molar-refractivity contribution in [3.8, 4) is 11.5 Å². The van der Waals surface area contributed by atoms with Crippen molar-refractivity contribution < 1.29 is 33.6 Å². The predicted octanol–water partition coefficient (Wildman–Crippen LogP) is 4.78. The normalized spacial score (nSPS) is 26.5. The summed E-state index contributed by atoms with van der Waals surface area (Å²) in [7, 11) is 0. The number of imide groups is 1. The van der Waals surface area contributed by atoms with Crippen LogP contribution in [-0.2, 0) is 25.5 Å². The van der Waals surface area contributed by atoms with E-state index in [1.807, 2.05) is 30.3 Å². The van der Waals surface area contributed by atoms with Gasteiger partial charge in [0.05, 0.1) is 16.8 Å². The Morgan fingerprint density at radius 2 is 1.41 bits per heavy atom. The van der Waals surface area contributed by atoms with Crippen molar-refractivity contribution in [2.45, 2.75) is 18.9 Å². The first-order valence-electron chi connectivity index (χ1n) is 14.6. The summed E-state index contributed by atoms with van der Waals surface area (Å²) in [6.45, 7) is -0.563. The lowest BCUT2D eigenvalue weighted by atomic mass is 9.63. The van der Waals surface area contributed by atoms with Crippen molar-refractivity contribution in [3.63, 3.8) is 0 Å². The molecule has 7 atom stereocenters. The van der Waals surface area contributed by atoms with Gasteiger partial charge in [0, 0.05) is 24.1 Å². The number of nitro groups is 1. The van der Waals surface area contributed by atoms with E-state index in [-0.39, 0.29) is 41.3 Å². The number of allylic oxidation sites excluding steroid dienone is 2. The lowest BCUT2D eigenvalue weighted by Crippen LogP contribution is -2.48. The Bertz CT molecular complexity index is 1650. The number of non-ortho nitro benzene ring substituents is 1. The number of nitrogens with zero attached hydrogens (tertiary/aromatic N) is 2. The molecule has 44 heavy (non-hydrogen) atoms. The number of Topliss-reactive ketones (excluding diaryl/α,β-unsaturated/α-hetero) is 1. The molecule has 0 N–H and O–H groups in total. The first kappa shape index (κ1) is 27.7. The zero-order valence-corrected chi connectivity index (χ0v) is 23.5. The van der Waals surface area contributed by atoms with Crippen molar-refractivity contribution >= 4 is 29.3 Å². The molecular weight excluding hydrogens is 564 g/mol. The number of carbonyl (C=O) groups is 4. The average molecular weight is 593 g/mol. The summed E-state index contributed by atoms with van der Waals surface area (Å²) in [6, 6.07) is 19.7. The molecule has 5 aliphatic rings. The van der Waals surface area contributed by atoms with Gasteiger partial charge in [-0.1, -0.05) is 42.5 Å². The number of hydrogen-bond acceptors (Lipinski definition) is 8. The molecule has 2 saturated carbocycles. The minimum atomic E-state index is -1.18. The van der Waals surface area contributed by atoms with E-state index in [1.54, 1.807) is 12.1 Å². The van der Waals surface area contributed by atoms with Crippen LogP contribution in [0, 0.1) is 45.6 Å². The molecule has 10 heteroatoms. The fourth-order valence-corrected chi connectivity index (χ4v) is 7.20. The van der Waals surface area contributed by atoms with Gasteiger partial charge >= 0.3 is 5.97 Å². The van der Waals surface area contributed by atoms with Gasteiger partial charge in [-0.15, -0.1) is 0 Å². The van der Waals surface area contributed by atoms with Gasteiger partial charge < -0.3 is 9.47 Å². The highest BCUT2D eigenvalue weighted by Gasteiger charge is 2.68. The summed E-state index contributed by atoms with van der Waals surface area (Å²) in [5, 5.41) is 10.8. The Kier molecular flexibility index (Phi) is 6.84. The molecular formula is C34H28N2O8. The van der Waals surface area contributed by atoms with Gasteiger partial charge in [0.1, 0.15) is 17.5 Å². The molecule has 1 saturated heterocycles. The molecule has 0 spiro atoms. The number of nitro benzene ring substituents is 1. The van der Waals surface area contributed by atoms with Gasteiger partial charge in [-0.25, -0.2) is 4.79 Å². The standard InChI is InChI=1S/C34H28N2O8/c37-29(20-6-10-22(11-7-20)44-23-12-8-21(9-13-23)36(41)42)18-43-34(40)28(16-19-4-2-1-3-5-19)35-32(38)30-24-14-15-25(27-17-26(24)27)31(30)33(35)39/h1-15,24-28,30-31H,16-18H2/t24-,25-,26-,27-,28-,30+,31+/m1/s1. The maximum atomic E-state index is 13.8. The summed E-state index contributed by atoms with van der Waals surface area (Å²) < 4.78 is 11.2. The van der Waals surface area contributed by atoms with E-state index in [9.17, 15) is 29.3 Å². The van der Waals surface area contributed by atoms with E-state index in [0.29, 0.717) is 23.3 Å². The Labute approximate surface area is 252 Å². The van der Waals surface area contributed by atoms with Gasteiger partial charge in [-0.2, -0.15) is 0 Å². The van der Waals surface area contributed by atoms with E-state index in [2.05, 4.69) is 12.2 Å². The zero-order chi connectivity index (χ0) is 30.5. The molecule has 3 aromatic rings. The van der Waals surface area contributed by atoms with E-state index < -0.39 is 41.2 Å². The van der Waals surface area contributed by atoms with Crippen LogP contribution in [0.5, 0.6) is 11.5 Å². The van der Waals surface area contributed by atoms with Crippen molar-refractivity contribution in [2.24, 2.45) is 35.5 Å².